The molecule has 0 heterocycles. The van der Waals surface area contributed by atoms with Gasteiger partial charge in [0.15, 0.2) is 0 Å². The molecule has 0 spiro atoms. The van der Waals surface area contributed by atoms with Gasteiger partial charge >= 0.3 is 0 Å². The number of nitrogens with zero attached hydrogens (tertiary/aromatic N) is 1. The predicted octanol–water partition coefficient (Wildman–Crippen LogP) is 3.02. The summed E-state index contributed by atoms with van der Waals surface area (Å²) >= 11 is 0. The van der Waals surface area contributed by atoms with Gasteiger partial charge in [-0.05, 0) is 37.7 Å². The van der Waals surface area contributed by atoms with Crippen LogP contribution in [0.1, 0.15) is 31.7 Å². The van der Waals surface area contributed by atoms with Crippen LogP contribution in [0.3, 0.4) is 0 Å². The summed E-state index contributed by atoms with van der Waals surface area (Å²) in [6, 6.07) is 6.54. The summed E-state index contributed by atoms with van der Waals surface area (Å²) in [6.45, 7) is 3.58. The van der Waals surface area contributed by atoms with Crippen LogP contribution in [0.4, 0.5) is 4.39 Å². The van der Waals surface area contributed by atoms with E-state index in [2.05, 4.69) is 4.90 Å². The molecular formula is C14H20FNO. The molecule has 0 aromatic heterocycles. The standard InChI is InChI=1S/C14H20FNO/c1-3-14(17)5-4-10-16(2)11-12-6-8-13(15)9-7-12/h6-9H,3-5,10-11H2,1-2H3. The average Bonchev–Trinajstić information content (AvgIpc) is 2.32. The zero-order valence-corrected chi connectivity index (χ0v) is 10.6. The summed E-state index contributed by atoms with van der Waals surface area (Å²) in [4.78, 5) is 13.3. The van der Waals surface area contributed by atoms with Crippen LogP contribution in [-0.2, 0) is 11.3 Å². The Bertz CT molecular complexity index is 348. The molecule has 0 atom stereocenters. The number of Topliss-reactive ketones (excluding diaryl/α,β-unsaturated/α-hetero) is 1. The van der Waals surface area contributed by atoms with Crippen LogP contribution in [0.25, 0.3) is 0 Å². The van der Waals surface area contributed by atoms with E-state index in [1.54, 1.807) is 12.1 Å². The summed E-state index contributed by atoms with van der Waals surface area (Å²) in [5.74, 6) is 0.116. The zero-order valence-electron chi connectivity index (χ0n) is 10.6. The Balaban J connectivity index is 2.27. The maximum Gasteiger partial charge on any atom is 0.132 e. The number of hydrogen-bond acceptors (Lipinski definition) is 2. The normalized spacial score (nSPS) is 10.8. The molecule has 0 radical (unpaired) electrons. The van der Waals surface area contributed by atoms with Crippen molar-refractivity contribution in [1.82, 2.24) is 4.90 Å². The van der Waals surface area contributed by atoms with Crippen molar-refractivity contribution >= 4 is 5.78 Å². The lowest BCUT2D eigenvalue weighted by Gasteiger charge is -2.16. The molecule has 0 aliphatic carbocycles. The molecule has 3 heteroatoms. The van der Waals surface area contributed by atoms with Crippen molar-refractivity contribution in [1.29, 1.82) is 0 Å². The van der Waals surface area contributed by atoms with E-state index >= 15 is 0 Å². The molecule has 1 rings (SSSR count). The van der Waals surface area contributed by atoms with E-state index in [0.717, 1.165) is 25.1 Å². The summed E-state index contributed by atoms with van der Waals surface area (Å²) in [7, 11) is 2.01. The molecule has 0 unspecified atom stereocenters. The molecule has 2 nitrogen and oxygen atoms in total. The number of halogens is 1. The Morgan fingerprint density at radius 3 is 2.53 bits per heavy atom. The van der Waals surface area contributed by atoms with E-state index in [-0.39, 0.29) is 5.82 Å². The maximum atomic E-state index is 12.7. The number of benzene rings is 1. The van der Waals surface area contributed by atoms with Crippen molar-refractivity contribution in [2.75, 3.05) is 13.6 Å². The van der Waals surface area contributed by atoms with Crippen LogP contribution < -0.4 is 0 Å². The molecule has 1 aromatic carbocycles. The lowest BCUT2D eigenvalue weighted by molar-refractivity contribution is -0.118. The summed E-state index contributed by atoms with van der Waals surface area (Å²) < 4.78 is 12.7. The smallest absolute Gasteiger partial charge is 0.132 e. The van der Waals surface area contributed by atoms with Crippen LogP contribution in [0, 0.1) is 5.82 Å². The highest BCUT2D eigenvalue weighted by Gasteiger charge is 2.03. The van der Waals surface area contributed by atoms with Crippen LogP contribution >= 0.6 is 0 Å². The molecule has 0 N–H and O–H groups in total. The Hall–Kier alpha value is -1.22. The van der Waals surface area contributed by atoms with Crippen LogP contribution in [0.2, 0.25) is 0 Å². The van der Waals surface area contributed by atoms with Gasteiger partial charge in [0.2, 0.25) is 0 Å². The minimum absolute atomic E-state index is 0.204. The molecule has 0 amide bonds. The first kappa shape index (κ1) is 13.8. The molecule has 0 fully saturated rings. The van der Waals surface area contributed by atoms with Gasteiger partial charge in [-0.1, -0.05) is 19.1 Å². The molecule has 17 heavy (non-hydrogen) atoms. The Morgan fingerprint density at radius 2 is 1.94 bits per heavy atom. The van der Waals surface area contributed by atoms with Gasteiger partial charge in [0.25, 0.3) is 0 Å². The van der Waals surface area contributed by atoms with E-state index < -0.39 is 0 Å². The SMILES string of the molecule is CCC(=O)CCCN(C)Cc1ccc(F)cc1. The zero-order chi connectivity index (χ0) is 12.7. The van der Waals surface area contributed by atoms with Crippen LogP contribution in [0.5, 0.6) is 0 Å². The Kier molecular flexibility index (Phi) is 5.84. The maximum absolute atomic E-state index is 12.7. The van der Waals surface area contributed by atoms with Gasteiger partial charge < -0.3 is 4.90 Å². The molecule has 0 aliphatic rings. The minimum atomic E-state index is -0.204. The summed E-state index contributed by atoms with van der Waals surface area (Å²) in [5, 5.41) is 0. The number of carbonyl (C=O) groups excluding carboxylic acids is 1. The van der Waals surface area contributed by atoms with Crippen molar-refractivity contribution in [3.63, 3.8) is 0 Å². The van der Waals surface area contributed by atoms with Gasteiger partial charge in [-0.3, -0.25) is 4.79 Å². The highest BCUT2D eigenvalue weighted by molar-refractivity contribution is 5.77. The summed E-state index contributed by atoms with van der Waals surface area (Å²) in [6.07, 6.45) is 2.18. The number of hydrogen-bond donors (Lipinski definition) is 0. The van der Waals surface area contributed by atoms with Gasteiger partial charge in [-0.15, -0.1) is 0 Å². The molecular weight excluding hydrogens is 217 g/mol. The van der Waals surface area contributed by atoms with Crippen molar-refractivity contribution in [3.05, 3.63) is 35.6 Å². The van der Waals surface area contributed by atoms with Crippen molar-refractivity contribution < 1.29 is 9.18 Å². The van der Waals surface area contributed by atoms with Crippen molar-refractivity contribution in [2.24, 2.45) is 0 Å². The Morgan fingerprint density at radius 1 is 1.29 bits per heavy atom. The second-order valence-electron chi connectivity index (χ2n) is 4.36. The quantitative estimate of drug-likeness (QED) is 0.726. The van der Waals surface area contributed by atoms with E-state index in [4.69, 9.17) is 0 Å². The predicted molar refractivity (Wildman–Crippen MR) is 67.3 cm³/mol. The number of ketones is 1. The molecule has 1 aromatic rings. The number of carbonyl (C=O) groups is 1. The van der Waals surface area contributed by atoms with Gasteiger partial charge in [0.05, 0.1) is 0 Å². The van der Waals surface area contributed by atoms with Gasteiger partial charge in [-0.25, -0.2) is 4.39 Å². The van der Waals surface area contributed by atoms with Gasteiger partial charge in [0, 0.05) is 19.4 Å². The third kappa shape index (κ3) is 5.59. The fourth-order valence-corrected chi connectivity index (χ4v) is 1.70. The second kappa shape index (κ2) is 7.17. The molecule has 0 aliphatic heterocycles. The lowest BCUT2D eigenvalue weighted by atomic mass is 10.1. The molecule has 0 saturated heterocycles. The van der Waals surface area contributed by atoms with E-state index in [1.165, 1.54) is 12.1 Å². The first-order valence-electron chi connectivity index (χ1n) is 6.06. The van der Waals surface area contributed by atoms with Crippen LogP contribution in [-0.4, -0.2) is 24.3 Å². The minimum Gasteiger partial charge on any atom is -0.302 e. The average molecular weight is 237 g/mol. The second-order valence-corrected chi connectivity index (χ2v) is 4.36. The number of rotatable bonds is 7. The first-order chi connectivity index (χ1) is 8.11. The first-order valence-corrected chi connectivity index (χ1v) is 6.06. The highest BCUT2D eigenvalue weighted by Crippen LogP contribution is 2.06. The van der Waals surface area contributed by atoms with Crippen molar-refractivity contribution in [2.45, 2.75) is 32.7 Å². The van der Waals surface area contributed by atoms with E-state index in [9.17, 15) is 9.18 Å². The fraction of sp³-hybridized carbons (Fsp3) is 0.500. The monoisotopic (exact) mass is 237 g/mol. The van der Waals surface area contributed by atoms with E-state index in [0.29, 0.717) is 18.6 Å². The van der Waals surface area contributed by atoms with Crippen LogP contribution in [0.15, 0.2) is 24.3 Å². The molecule has 0 saturated carbocycles. The molecule has 94 valence electrons. The van der Waals surface area contributed by atoms with Crippen molar-refractivity contribution in [3.8, 4) is 0 Å². The largest absolute Gasteiger partial charge is 0.302 e. The highest BCUT2D eigenvalue weighted by atomic mass is 19.1. The van der Waals surface area contributed by atoms with Gasteiger partial charge in [-0.2, -0.15) is 0 Å². The molecule has 0 bridgehead atoms. The van der Waals surface area contributed by atoms with Gasteiger partial charge in [0.1, 0.15) is 11.6 Å². The van der Waals surface area contributed by atoms with E-state index in [1.807, 2.05) is 14.0 Å². The Labute approximate surface area is 102 Å². The third-order valence-electron chi connectivity index (χ3n) is 2.76. The third-order valence-corrected chi connectivity index (χ3v) is 2.76. The summed E-state index contributed by atoms with van der Waals surface area (Å²) in [5.41, 5.74) is 1.09. The topological polar surface area (TPSA) is 20.3 Å². The lowest BCUT2D eigenvalue weighted by Crippen LogP contribution is -2.19. The fourth-order valence-electron chi connectivity index (χ4n) is 1.70.